The number of carbonyl (C=O) groups is 2. The van der Waals surface area contributed by atoms with Crippen molar-refractivity contribution in [3.8, 4) is 0 Å². The molecule has 2 rings (SSSR count). The predicted molar refractivity (Wildman–Crippen MR) is 78.1 cm³/mol. The first-order valence-corrected chi connectivity index (χ1v) is 7.19. The van der Waals surface area contributed by atoms with E-state index in [9.17, 15) is 14.7 Å². The Morgan fingerprint density at radius 1 is 1.29 bits per heavy atom. The van der Waals surface area contributed by atoms with Crippen LogP contribution in [0, 0.1) is 6.92 Å². The maximum absolute atomic E-state index is 12.2. The molecule has 1 aliphatic rings. The zero-order valence-corrected chi connectivity index (χ0v) is 12.2. The summed E-state index contributed by atoms with van der Waals surface area (Å²) in [6, 6.07) is 7.05. The van der Waals surface area contributed by atoms with Gasteiger partial charge in [-0.25, -0.2) is 0 Å². The molecule has 5 heteroatoms. The summed E-state index contributed by atoms with van der Waals surface area (Å²) in [6.45, 7) is 3.16. The van der Waals surface area contributed by atoms with Crippen LogP contribution in [0.5, 0.6) is 0 Å². The summed E-state index contributed by atoms with van der Waals surface area (Å²) in [5.74, 6) is -0.130. The van der Waals surface area contributed by atoms with Gasteiger partial charge in [0, 0.05) is 24.9 Å². The molecule has 1 saturated heterocycles. The molecule has 1 atom stereocenters. The van der Waals surface area contributed by atoms with E-state index in [1.54, 1.807) is 17.0 Å². The smallest absolute Gasteiger partial charge is 0.223 e. The summed E-state index contributed by atoms with van der Waals surface area (Å²) in [5, 5.41) is 9.25. The van der Waals surface area contributed by atoms with Gasteiger partial charge in [-0.1, -0.05) is 29.8 Å². The molecule has 1 aromatic carbocycles. The average Bonchev–Trinajstić information content (AvgIpc) is 2.52. The molecule has 5 nitrogen and oxygen atoms in total. The van der Waals surface area contributed by atoms with E-state index in [4.69, 9.17) is 4.74 Å². The van der Waals surface area contributed by atoms with E-state index in [1.807, 2.05) is 19.1 Å². The Bertz CT molecular complexity index is 498. The third kappa shape index (κ3) is 4.12. The Balaban J connectivity index is 1.88. The lowest BCUT2D eigenvalue weighted by Gasteiger charge is -2.34. The summed E-state index contributed by atoms with van der Waals surface area (Å²) in [5.41, 5.74) is 1.73. The Hall–Kier alpha value is -1.72. The minimum absolute atomic E-state index is 0.0304. The van der Waals surface area contributed by atoms with Gasteiger partial charge in [0.25, 0.3) is 0 Å². The number of hydrogen-bond donors (Lipinski definition) is 1. The topological polar surface area (TPSA) is 66.8 Å². The van der Waals surface area contributed by atoms with Crippen molar-refractivity contribution in [3.63, 3.8) is 0 Å². The molecular formula is C16H21NO4. The molecule has 1 fully saturated rings. The van der Waals surface area contributed by atoms with E-state index < -0.39 is 0 Å². The number of aryl methyl sites for hydroxylation is 1. The van der Waals surface area contributed by atoms with Crippen LogP contribution in [0.25, 0.3) is 0 Å². The van der Waals surface area contributed by atoms with Crippen molar-refractivity contribution >= 4 is 11.7 Å². The number of aliphatic hydroxyl groups is 1. The monoisotopic (exact) mass is 291 g/mol. The summed E-state index contributed by atoms with van der Waals surface area (Å²) in [7, 11) is 0. The number of carbonyl (C=O) groups excluding carboxylic acids is 2. The Labute approximate surface area is 124 Å². The predicted octanol–water partition coefficient (Wildman–Crippen LogP) is 1.18. The molecule has 0 spiro atoms. The number of morpholine rings is 1. The van der Waals surface area contributed by atoms with Gasteiger partial charge in [0.2, 0.25) is 5.91 Å². The molecule has 0 bridgehead atoms. The van der Waals surface area contributed by atoms with E-state index in [2.05, 4.69) is 0 Å². The van der Waals surface area contributed by atoms with Crippen molar-refractivity contribution in [2.24, 2.45) is 0 Å². The van der Waals surface area contributed by atoms with Crippen LogP contribution in [0.3, 0.4) is 0 Å². The minimum atomic E-state index is -0.291. The zero-order valence-electron chi connectivity index (χ0n) is 12.2. The van der Waals surface area contributed by atoms with Crippen LogP contribution in [0.1, 0.15) is 28.8 Å². The fourth-order valence-electron chi connectivity index (χ4n) is 2.38. The lowest BCUT2D eigenvalue weighted by molar-refractivity contribution is -0.141. The number of ketones is 1. The van der Waals surface area contributed by atoms with Crippen molar-refractivity contribution in [2.75, 3.05) is 26.4 Å². The van der Waals surface area contributed by atoms with Crippen LogP contribution in [0.15, 0.2) is 24.3 Å². The van der Waals surface area contributed by atoms with Crippen molar-refractivity contribution in [1.29, 1.82) is 0 Å². The van der Waals surface area contributed by atoms with Crippen molar-refractivity contribution in [1.82, 2.24) is 4.90 Å². The van der Waals surface area contributed by atoms with Crippen LogP contribution >= 0.6 is 0 Å². The standard InChI is InChI=1S/C16H21NO4/c1-12-2-4-13(5-3-12)15(19)6-7-16(20)17-8-9-21-11-14(17)10-18/h2-5,14,18H,6-11H2,1H3. The molecule has 21 heavy (non-hydrogen) atoms. The van der Waals surface area contributed by atoms with Gasteiger partial charge >= 0.3 is 0 Å². The van der Waals surface area contributed by atoms with Gasteiger partial charge in [0.05, 0.1) is 25.9 Å². The molecule has 0 radical (unpaired) electrons. The Kier molecular flexibility index (Phi) is 5.47. The second kappa shape index (κ2) is 7.33. The molecule has 1 heterocycles. The van der Waals surface area contributed by atoms with Gasteiger partial charge in [-0.05, 0) is 6.92 Å². The average molecular weight is 291 g/mol. The highest BCUT2D eigenvalue weighted by molar-refractivity contribution is 5.98. The maximum atomic E-state index is 12.2. The SMILES string of the molecule is Cc1ccc(C(=O)CCC(=O)N2CCOCC2CO)cc1. The molecule has 1 aliphatic heterocycles. The fraction of sp³-hybridized carbons (Fsp3) is 0.500. The van der Waals surface area contributed by atoms with E-state index >= 15 is 0 Å². The minimum Gasteiger partial charge on any atom is -0.394 e. The van der Waals surface area contributed by atoms with Gasteiger partial charge < -0.3 is 14.7 Å². The molecule has 114 valence electrons. The quantitative estimate of drug-likeness (QED) is 0.827. The highest BCUT2D eigenvalue weighted by Gasteiger charge is 2.26. The summed E-state index contributed by atoms with van der Waals surface area (Å²) in [4.78, 5) is 25.8. The number of amides is 1. The molecule has 0 aromatic heterocycles. The molecule has 0 aliphatic carbocycles. The first kappa shape index (κ1) is 15.7. The van der Waals surface area contributed by atoms with Gasteiger partial charge in [0.15, 0.2) is 5.78 Å². The van der Waals surface area contributed by atoms with Crippen LogP contribution in [0.2, 0.25) is 0 Å². The first-order chi connectivity index (χ1) is 10.1. The Morgan fingerprint density at radius 2 is 2.00 bits per heavy atom. The number of ether oxygens (including phenoxy) is 1. The van der Waals surface area contributed by atoms with Crippen LogP contribution in [0.4, 0.5) is 0 Å². The number of benzene rings is 1. The molecule has 1 unspecified atom stereocenters. The molecular weight excluding hydrogens is 270 g/mol. The summed E-state index contributed by atoms with van der Waals surface area (Å²) >= 11 is 0. The molecule has 1 aromatic rings. The number of Topliss-reactive ketones (excluding diaryl/α,β-unsaturated/α-hetero) is 1. The van der Waals surface area contributed by atoms with Gasteiger partial charge in [-0.2, -0.15) is 0 Å². The lowest BCUT2D eigenvalue weighted by atomic mass is 10.0. The fourth-order valence-corrected chi connectivity index (χ4v) is 2.38. The highest BCUT2D eigenvalue weighted by Crippen LogP contribution is 2.12. The second-order valence-electron chi connectivity index (χ2n) is 5.29. The van der Waals surface area contributed by atoms with Crippen molar-refractivity contribution < 1.29 is 19.4 Å². The third-order valence-electron chi connectivity index (χ3n) is 3.70. The van der Waals surface area contributed by atoms with Crippen molar-refractivity contribution in [2.45, 2.75) is 25.8 Å². The second-order valence-corrected chi connectivity index (χ2v) is 5.29. The largest absolute Gasteiger partial charge is 0.394 e. The van der Waals surface area contributed by atoms with Gasteiger partial charge in [-0.3, -0.25) is 9.59 Å². The normalized spacial score (nSPS) is 18.6. The molecule has 1 amide bonds. The van der Waals surface area contributed by atoms with Gasteiger partial charge in [0.1, 0.15) is 0 Å². The van der Waals surface area contributed by atoms with Crippen LogP contribution in [-0.2, 0) is 9.53 Å². The summed E-state index contributed by atoms with van der Waals surface area (Å²) < 4.78 is 5.24. The van der Waals surface area contributed by atoms with E-state index in [1.165, 1.54) is 0 Å². The molecule has 0 saturated carbocycles. The maximum Gasteiger partial charge on any atom is 0.223 e. The number of nitrogens with zero attached hydrogens (tertiary/aromatic N) is 1. The van der Waals surface area contributed by atoms with Crippen molar-refractivity contribution in [3.05, 3.63) is 35.4 Å². The lowest BCUT2D eigenvalue weighted by Crippen LogP contribution is -2.50. The third-order valence-corrected chi connectivity index (χ3v) is 3.70. The van der Waals surface area contributed by atoms with Gasteiger partial charge in [-0.15, -0.1) is 0 Å². The van der Waals surface area contributed by atoms with E-state index in [-0.39, 0.29) is 37.2 Å². The van der Waals surface area contributed by atoms with Crippen LogP contribution in [-0.4, -0.2) is 54.1 Å². The number of rotatable bonds is 5. The highest BCUT2D eigenvalue weighted by atomic mass is 16.5. The van der Waals surface area contributed by atoms with Crippen LogP contribution < -0.4 is 0 Å². The first-order valence-electron chi connectivity index (χ1n) is 7.19. The number of hydrogen-bond acceptors (Lipinski definition) is 4. The number of aliphatic hydroxyl groups excluding tert-OH is 1. The van der Waals surface area contributed by atoms with E-state index in [0.29, 0.717) is 25.3 Å². The van der Waals surface area contributed by atoms with E-state index in [0.717, 1.165) is 5.56 Å². The molecule has 1 N–H and O–H groups in total. The zero-order chi connectivity index (χ0) is 15.2. The Morgan fingerprint density at radius 3 is 2.67 bits per heavy atom. The summed E-state index contributed by atoms with van der Waals surface area (Å²) in [6.07, 6.45) is 0.362.